The van der Waals surface area contributed by atoms with Crippen LogP contribution in [0.3, 0.4) is 0 Å². The van der Waals surface area contributed by atoms with Gasteiger partial charge in [-0.05, 0) is 61.4 Å². The number of hydrogen-bond donors (Lipinski definition) is 3. The molecule has 1 aliphatic carbocycles. The van der Waals surface area contributed by atoms with E-state index in [4.69, 9.17) is 4.98 Å². The predicted octanol–water partition coefficient (Wildman–Crippen LogP) is 3.38. The van der Waals surface area contributed by atoms with Crippen molar-refractivity contribution in [3.63, 3.8) is 0 Å². The number of aromatic nitrogens is 3. The molecule has 136 valence electrons. The molecule has 3 aromatic rings. The van der Waals surface area contributed by atoms with Gasteiger partial charge >= 0.3 is 0 Å². The monoisotopic (exact) mass is 352 g/mol. The van der Waals surface area contributed by atoms with Crippen LogP contribution in [0.4, 0.5) is 5.82 Å². The molecule has 0 radical (unpaired) electrons. The first kappa shape index (κ1) is 16.8. The molecule has 0 saturated heterocycles. The molecule has 6 heteroatoms. The van der Waals surface area contributed by atoms with E-state index in [2.05, 4.69) is 10.4 Å². The Morgan fingerprint density at radius 1 is 1.19 bits per heavy atom. The van der Waals surface area contributed by atoms with Gasteiger partial charge in [-0.25, -0.2) is 9.50 Å². The van der Waals surface area contributed by atoms with Gasteiger partial charge in [0.05, 0.1) is 12.3 Å². The average Bonchev–Trinajstić information content (AvgIpc) is 3.07. The quantitative estimate of drug-likeness (QED) is 0.670. The third-order valence-corrected chi connectivity index (χ3v) is 5.19. The normalized spacial score (nSPS) is 20.4. The van der Waals surface area contributed by atoms with Crippen molar-refractivity contribution in [2.45, 2.75) is 51.2 Å². The van der Waals surface area contributed by atoms with E-state index in [0.717, 1.165) is 60.3 Å². The highest BCUT2D eigenvalue weighted by molar-refractivity contribution is 5.78. The zero-order valence-electron chi connectivity index (χ0n) is 14.9. The molecule has 0 unspecified atom stereocenters. The number of aliphatic hydroxyl groups excluding tert-OH is 1. The van der Waals surface area contributed by atoms with Crippen molar-refractivity contribution in [2.75, 3.05) is 5.32 Å². The van der Waals surface area contributed by atoms with Crippen LogP contribution in [0.5, 0.6) is 5.75 Å². The van der Waals surface area contributed by atoms with Crippen molar-refractivity contribution in [1.82, 2.24) is 14.6 Å². The van der Waals surface area contributed by atoms with Crippen LogP contribution in [0.1, 0.15) is 38.2 Å². The molecule has 0 atom stereocenters. The summed E-state index contributed by atoms with van der Waals surface area (Å²) >= 11 is 0. The molecular weight excluding hydrogens is 328 g/mol. The Morgan fingerprint density at radius 3 is 2.77 bits per heavy atom. The zero-order chi connectivity index (χ0) is 18.1. The van der Waals surface area contributed by atoms with Crippen LogP contribution in [0.15, 0.2) is 36.7 Å². The zero-order valence-corrected chi connectivity index (χ0v) is 14.9. The summed E-state index contributed by atoms with van der Waals surface area (Å²) in [7, 11) is 0. The summed E-state index contributed by atoms with van der Waals surface area (Å²) in [6, 6.07) is 7.91. The number of aryl methyl sites for hydroxylation is 1. The molecule has 2 aromatic heterocycles. The molecule has 4 rings (SSSR count). The van der Waals surface area contributed by atoms with Crippen molar-refractivity contribution < 1.29 is 10.2 Å². The Bertz CT molecular complexity index is 913. The minimum absolute atomic E-state index is 0.160. The molecule has 1 fully saturated rings. The minimum Gasteiger partial charge on any atom is -0.508 e. The average molecular weight is 352 g/mol. The minimum atomic E-state index is -0.160. The van der Waals surface area contributed by atoms with E-state index in [9.17, 15) is 10.2 Å². The summed E-state index contributed by atoms with van der Waals surface area (Å²) in [6.07, 6.45) is 7.92. The first-order valence-electron chi connectivity index (χ1n) is 9.25. The number of hydrogen-bond acceptors (Lipinski definition) is 5. The number of phenolic OH excluding ortho intramolecular Hbond substituents is 1. The van der Waals surface area contributed by atoms with Crippen LogP contribution in [-0.2, 0) is 6.42 Å². The summed E-state index contributed by atoms with van der Waals surface area (Å²) in [5, 5.41) is 27.5. The van der Waals surface area contributed by atoms with Gasteiger partial charge < -0.3 is 15.5 Å². The second-order valence-electron chi connectivity index (χ2n) is 6.99. The molecule has 0 spiro atoms. The first-order valence-corrected chi connectivity index (χ1v) is 9.25. The van der Waals surface area contributed by atoms with E-state index in [1.807, 2.05) is 37.5 Å². The third kappa shape index (κ3) is 3.24. The molecule has 1 aliphatic rings. The van der Waals surface area contributed by atoms with Crippen molar-refractivity contribution in [3.8, 4) is 16.9 Å². The highest BCUT2D eigenvalue weighted by Crippen LogP contribution is 2.29. The molecule has 3 N–H and O–H groups in total. The number of nitrogens with one attached hydrogen (secondary N) is 1. The molecule has 1 saturated carbocycles. The molecule has 0 aliphatic heterocycles. The lowest BCUT2D eigenvalue weighted by Crippen LogP contribution is -2.28. The van der Waals surface area contributed by atoms with Gasteiger partial charge in [-0.3, -0.25) is 0 Å². The maximum atomic E-state index is 9.93. The van der Waals surface area contributed by atoms with Crippen LogP contribution >= 0.6 is 0 Å². The topological polar surface area (TPSA) is 82.7 Å². The van der Waals surface area contributed by atoms with Gasteiger partial charge in [-0.15, -0.1) is 0 Å². The Hall–Kier alpha value is -2.60. The molecule has 2 heterocycles. The van der Waals surface area contributed by atoms with Crippen LogP contribution in [-0.4, -0.2) is 37.0 Å². The van der Waals surface area contributed by atoms with E-state index in [1.54, 1.807) is 10.6 Å². The fourth-order valence-electron chi connectivity index (χ4n) is 3.62. The second-order valence-corrected chi connectivity index (χ2v) is 6.99. The van der Waals surface area contributed by atoms with E-state index >= 15 is 0 Å². The number of aromatic hydroxyl groups is 1. The van der Waals surface area contributed by atoms with E-state index in [1.165, 1.54) is 0 Å². The Balaban J connectivity index is 1.64. The van der Waals surface area contributed by atoms with Crippen LogP contribution < -0.4 is 5.32 Å². The molecule has 6 nitrogen and oxygen atoms in total. The number of nitrogens with zero attached hydrogens (tertiary/aromatic N) is 3. The van der Waals surface area contributed by atoms with E-state index in [-0.39, 0.29) is 6.10 Å². The van der Waals surface area contributed by atoms with E-state index < -0.39 is 0 Å². The van der Waals surface area contributed by atoms with Gasteiger partial charge in [0.1, 0.15) is 11.6 Å². The summed E-state index contributed by atoms with van der Waals surface area (Å²) in [4.78, 5) is 4.77. The molecular formula is C20H24N4O2. The third-order valence-electron chi connectivity index (χ3n) is 5.19. The van der Waals surface area contributed by atoms with Crippen LogP contribution in [0, 0.1) is 0 Å². The summed E-state index contributed by atoms with van der Waals surface area (Å²) in [5.74, 6) is 1.15. The Kier molecular flexibility index (Phi) is 4.51. The van der Waals surface area contributed by atoms with Gasteiger partial charge in [0.25, 0.3) is 0 Å². The van der Waals surface area contributed by atoms with E-state index in [0.29, 0.717) is 11.8 Å². The van der Waals surface area contributed by atoms with Crippen molar-refractivity contribution in [2.24, 2.45) is 0 Å². The molecule has 1 aromatic carbocycles. The highest BCUT2D eigenvalue weighted by Gasteiger charge is 2.20. The Labute approximate surface area is 152 Å². The first-order chi connectivity index (χ1) is 12.6. The number of phenols is 1. The van der Waals surface area contributed by atoms with Crippen molar-refractivity contribution in [3.05, 3.63) is 42.2 Å². The lowest BCUT2D eigenvalue weighted by atomic mass is 9.93. The number of fused-ring (bicyclic) bond motifs is 1. The molecule has 0 bridgehead atoms. The number of benzene rings is 1. The largest absolute Gasteiger partial charge is 0.508 e. The van der Waals surface area contributed by atoms with Gasteiger partial charge in [0.2, 0.25) is 0 Å². The maximum Gasteiger partial charge on any atom is 0.165 e. The fraction of sp³-hybridized carbons (Fsp3) is 0.400. The molecule has 0 amide bonds. The van der Waals surface area contributed by atoms with Gasteiger partial charge in [-0.2, -0.15) is 5.10 Å². The number of rotatable bonds is 4. The summed E-state index contributed by atoms with van der Waals surface area (Å²) < 4.78 is 1.77. The van der Waals surface area contributed by atoms with Crippen molar-refractivity contribution >= 4 is 11.5 Å². The second kappa shape index (κ2) is 6.96. The van der Waals surface area contributed by atoms with Gasteiger partial charge in [-0.1, -0.05) is 13.0 Å². The standard InChI is InChI=1S/C20H24N4O2/c1-2-13-11-14(3-8-18(13)26)17-12-21-24-10-9-19(23-20(17)24)22-15-4-6-16(25)7-5-15/h3,8-12,15-16,25-26H,2,4-7H2,1H3,(H,22,23). The maximum absolute atomic E-state index is 9.93. The van der Waals surface area contributed by atoms with Gasteiger partial charge in [0.15, 0.2) is 5.65 Å². The van der Waals surface area contributed by atoms with Crippen LogP contribution in [0.25, 0.3) is 16.8 Å². The van der Waals surface area contributed by atoms with Crippen molar-refractivity contribution in [1.29, 1.82) is 0 Å². The molecule has 26 heavy (non-hydrogen) atoms. The SMILES string of the molecule is CCc1cc(-c2cnn3ccc(NC4CCC(O)CC4)nc23)ccc1O. The predicted molar refractivity (Wildman–Crippen MR) is 101 cm³/mol. The van der Waals surface area contributed by atoms with Crippen LogP contribution in [0.2, 0.25) is 0 Å². The summed E-state index contributed by atoms with van der Waals surface area (Å²) in [6.45, 7) is 2.02. The smallest absolute Gasteiger partial charge is 0.165 e. The lowest BCUT2D eigenvalue weighted by molar-refractivity contribution is 0.126. The highest BCUT2D eigenvalue weighted by atomic mass is 16.3. The van der Waals surface area contributed by atoms with Gasteiger partial charge in [0, 0.05) is 17.8 Å². The lowest BCUT2D eigenvalue weighted by Gasteiger charge is -2.26. The Morgan fingerprint density at radius 2 is 2.00 bits per heavy atom. The number of anilines is 1. The number of aliphatic hydroxyl groups is 1. The fourth-order valence-corrected chi connectivity index (χ4v) is 3.62. The summed E-state index contributed by atoms with van der Waals surface area (Å²) in [5.41, 5.74) is 3.65.